The fraction of sp³-hybridized carbons (Fsp3) is 0.444. The first-order valence-electron chi connectivity index (χ1n) is 8.37. The number of nitrogens with zero attached hydrogens (tertiary/aromatic N) is 2. The molecule has 0 bridgehead atoms. The normalized spacial score (nSPS) is 14.4. The first kappa shape index (κ1) is 18.8. The average molecular weight is 394 g/mol. The topological polar surface area (TPSA) is 79.4 Å². The highest BCUT2D eigenvalue weighted by molar-refractivity contribution is 7.92. The third kappa shape index (κ3) is 3.61. The molecule has 0 unspecified atom stereocenters. The van der Waals surface area contributed by atoms with E-state index in [-0.39, 0.29) is 5.91 Å². The largest absolute Gasteiger partial charge is 0.301 e. The van der Waals surface area contributed by atoms with Crippen LogP contribution in [0.3, 0.4) is 0 Å². The van der Waals surface area contributed by atoms with Gasteiger partial charge in [0.15, 0.2) is 5.13 Å². The summed E-state index contributed by atoms with van der Waals surface area (Å²) in [7, 11) is -3.25. The van der Waals surface area contributed by atoms with Gasteiger partial charge in [-0.05, 0) is 31.0 Å². The summed E-state index contributed by atoms with van der Waals surface area (Å²) in [6, 6.07) is 5.72. The van der Waals surface area contributed by atoms with Gasteiger partial charge in [-0.2, -0.15) is 0 Å². The number of anilines is 2. The molecule has 3 rings (SSSR count). The van der Waals surface area contributed by atoms with E-state index < -0.39 is 15.4 Å². The Labute approximate surface area is 158 Å². The van der Waals surface area contributed by atoms with E-state index in [0.29, 0.717) is 18.1 Å². The van der Waals surface area contributed by atoms with Gasteiger partial charge in [-0.15, -0.1) is 11.3 Å². The smallest absolute Gasteiger partial charge is 0.232 e. The third-order valence-corrected chi connectivity index (χ3v) is 6.37. The molecule has 0 atom stereocenters. The van der Waals surface area contributed by atoms with E-state index in [1.165, 1.54) is 21.9 Å². The summed E-state index contributed by atoms with van der Waals surface area (Å²) in [5, 5.41) is 3.45. The zero-order valence-corrected chi connectivity index (χ0v) is 17.2. The van der Waals surface area contributed by atoms with E-state index in [9.17, 15) is 13.2 Å². The second kappa shape index (κ2) is 6.35. The van der Waals surface area contributed by atoms with Gasteiger partial charge < -0.3 is 5.32 Å². The minimum Gasteiger partial charge on any atom is -0.301 e. The summed E-state index contributed by atoms with van der Waals surface area (Å²) in [6.45, 7) is 8.02. The molecule has 6 nitrogen and oxygen atoms in total. The summed E-state index contributed by atoms with van der Waals surface area (Å²) in [5.41, 5.74) is 3.01. The van der Waals surface area contributed by atoms with Crippen LogP contribution in [0.2, 0.25) is 0 Å². The Kier molecular flexibility index (Phi) is 4.60. The quantitative estimate of drug-likeness (QED) is 0.866. The van der Waals surface area contributed by atoms with E-state index in [1.54, 1.807) is 0 Å². The first-order valence-corrected chi connectivity index (χ1v) is 11.0. The number of amides is 1. The Balaban J connectivity index is 1.91. The number of fused-ring (bicyclic) bond motifs is 1. The van der Waals surface area contributed by atoms with Crippen molar-refractivity contribution in [3.8, 4) is 11.3 Å². The van der Waals surface area contributed by atoms with Crippen molar-refractivity contribution in [3.05, 3.63) is 28.6 Å². The Morgan fingerprint density at radius 3 is 2.62 bits per heavy atom. The van der Waals surface area contributed by atoms with E-state index in [0.717, 1.165) is 27.4 Å². The number of sulfonamides is 1. The van der Waals surface area contributed by atoms with Crippen LogP contribution in [0.15, 0.2) is 18.2 Å². The number of thiazole rings is 1. The zero-order chi connectivity index (χ0) is 19.3. The van der Waals surface area contributed by atoms with E-state index in [1.807, 2.05) is 45.9 Å². The molecule has 0 aliphatic carbocycles. The molecule has 140 valence electrons. The minimum absolute atomic E-state index is 0.0736. The van der Waals surface area contributed by atoms with Crippen LogP contribution in [0, 0.1) is 12.3 Å². The van der Waals surface area contributed by atoms with Gasteiger partial charge in [0.05, 0.1) is 17.6 Å². The Morgan fingerprint density at radius 2 is 2.00 bits per heavy atom. The third-order valence-electron chi connectivity index (χ3n) is 4.30. The average Bonchev–Trinajstić information content (AvgIpc) is 3.08. The van der Waals surface area contributed by atoms with Crippen LogP contribution in [0.4, 0.5) is 10.8 Å². The highest BCUT2D eigenvalue weighted by Gasteiger charge is 2.27. The Bertz CT molecular complexity index is 972. The van der Waals surface area contributed by atoms with Crippen LogP contribution in [-0.2, 0) is 21.2 Å². The van der Waals surface area contributed by atoms with Gasteiger partial charge in [0.1, 0.15) is 0 Å². The monoisotopic (exact) mass is 393 g/mol. The molecule has 0 radical (unpaired) electrons. The molecule has 1 amide bonds. The van der Waals surface area contributed by atoms with Crippen molar-refractivity contribution >= 4 is 38.1 Å². The van der Waals surface area contributed by atoms with Crippen molar-refractivity contribution in [1.29, 1.82) is 0 Å². The molecule has 1 aliphatic heterocycles. The maximum atomic E-state index is 12.2. The number of hydrogen-bond acceptors (Lipinski definition) is 5. The maximum absolute atomic E-state index is 12.2. The predicted molar refractivity (Wildman–Crippen MR) is 106 cm³/mol. The van der Waals surface area contributed by atoms with Gasteiger partial charge in [-0.25, -0.2) is 13.4 Å². The molecule has 0 saturated carbocycles. The SMILES string of the molecule is Cc1sc(NC(=O)C(C)(C)C)nc1-c1ccc2c(c1)CCN2S(C)(=O)=O. The summed E-state index contributed by atoms with van der Waals surface area (Å²) < 4.78 is 25.2. The molecular formula is C18H23N3O3S2. The second-order valence-electron chi connectivity index (χ2n) is 7.56. The highest BCUT2D eigenvalue weighted by atomic mass is 32.2. The van der Waals surface area contributed by atoms with Crippen LogP contribution >= 0.6 is 11.3 Å². The molecule has 2 heterocycles. The molecule has 1 aliphatic rings. The van der Waals surface area contributed by atoms with Crippen LogP contribution < -0.4 is 9.62 Å². The van der Waals surface area contributed by atoms with Crippen molar-refractivity contribution in [2.75, 3.05) is 22.4 Å². The molecule has 1 N–H and O–H groups in total. The molecule has 1 aromatic heterocycles. The number of nitrogens with one attached hydrogen (secondary N) is 1. The zero-order valence-electron chi connectivity index (χ0n) is 15.6. The summed E-state index contributed by atoms with van der Waals surface area (Å²) in [6.07, 6.45) is 1.91. The van der Waals surface area contributed by atoms with Crippen molar-refractivity contribution in [2.45, 2.75) is 34.1 Å². The summed E-state index contributed by atoms with van der Waals surface area (Å²) in [5.74, 6) is -0.0736. The minimum atomic E-state index is -3.25. The fourth-order valence-corrected chi connectivity index (χ4v) is 4.65. The number of benzene rings is 1. The van der Waals surface area contributed by atoms with E-state index in [4.69, 9.17) is 0 Å². The lowest BCUT2D eigenvalue weighted by molar-refractivity contribution is -0.123. The van der Waals surface area contributed by atoms with Crippen LogP contribution in [0.1, 0.15) is 31.2 Å². The van der Waals surface area contributed by atoms with Gasteiger partial charge in [0.25, 0.3) is 0 Å². The second-order valence-corrected chi connectivity index (χ2v) is 10.7. The Hall–Kier alpha value is -1.93. The Morgan fingerprint density at radius 1 is 1.31 bits per heavy atom. The number of aromatic nitrogens is 1. The number of carbonyl (C=O) groups excluding carboxylic acids is 1. The lowest BCUT2D eigenvalue weighted by atomic mass is 9.96. The standard InChI is InChI=1S/C18H23N3O3S2/c1-11-15(19-17(25-11)20-16(22)18(2,3)4)13-6-7-14-12(10-13)8-9-21(14)26(5,23)24/h6-7,10H,8-9H2,1-5H3,(H,19,20,22). The molecular weight excluding hydrogens is 370 g/mol. The number of hydrogen-bond donors (Lipinski definition) is 1. The van der Waals surface area contributed by atoms with Crippen LogP contribution in [-0.4, -0.2) is 32.1 Å². The van der Waals surface area contributed by atoms with E-state index in [2.05, 4.69) is 10.3 Å². The lowest BCUT2D eigenvalue weighted by Gasteiger charge is -2.16. The lowest BCUT2D eigenvalue weighted by Crippen LogP contribution is -2.27. The fourth-order valence-electron chi connectivity index (χ4n) is 2.87. The number of aryl methyl sites for hydroxylation is 1. The summed E-state index contributed by atoms with van der Waals surface area (Å²) in [4.78, 5) is 17.8. The molecule has 0 saturated heterocycles. The van der Waals surface area contributed by atoms with Gasteiger partial charge in [-0.3, -0.25) is 9.10 Å². The van der Waals surface area contributed by atoms with Crippen LogP contribution in [0.25, 0.3) is 11.3 Å². The first-order chi connectivity index (χ1) is 12.0. The molecule has 8 heteroatoms. The highest BCUT2D eigenvalue weighted by Crippen LogP contribution is 2.36. The van der Waals surface area contributed by atoms with Gasteiger partial charge >= 0.3 is 0 Å². The maximum Gasteiger partial charge on any atom is 0.232 e. The van der Waals surface area contributed by atoms with Crippen molar-refractivity contribution in [1.82, 2.24) is 4.98 Å². The van der Waals surface area contributed by atoms with Gasteiger partial charge in [0, 0.05) is 22.4 Å². The molecule has 1 aromatic carbocycles. The van der Waals surface area contributed by atoms with Crippen LogP contribution in [0.5, 0.6) is 0 Å². The molecule has 0 fully saturated rings. The van der Waals surface area contributed by atoms with Gasteiger partial charge in [-0.1, -0.05) is 26.8 Å². The molecule has 26 heavy (non-hydrogen) atoms. The van der Waals surface area contributed by atoms with Crippen molar-refractivity contribution < 1.29 is 13.2 Å². The molecule has 2 aromatic rings. The predicted octanol–water partition coefficient (Wildman–Crippen LogP) is 3.43. The molecule has 0 spiro atoms. The number of carbonyl (C=O) groups is 1. The van der Waals surface area contributed by atoms with Gasteiger partial charge in [0.2, 0.25) is 15.9 Å². The number of rotatable bonds is 3. The van der Waals surface area contributed by atoms with Crippen molar-refractivity contribution in [3.63, 3.8) is 0 Å². The van der Waals surface area contributed by atoms with Crippen molar-refractivity contribution in [2.24, 2.45) is 5.41 Å². The van der Waals surface area contributed by atoms with E-state index >= 15 is 0 Å². The summed E-state index contributed by atoms with van der Waals surface area (Å²) >= 11 is 1.44.